The average molecular weight is 416 g/mol. The van der Waals surface area contributed by atoms with Crippen molar-refractivity contribution in [2.45, 2.75) is 6.54 Å². The van der Waals surface area contributed by atoms with E-state index in [1.54, 1.807) is 19.1 Å². The quantitative estimate of drug-likeness (QED) is 0.444. The SMILES string of the molecule is COc1ccc(C[NH+]2CC[NH+](CC(=O)NCCOc3ccccc3OC)CC2)cc1. The van der Waals surface area contributed by atoms with Gasteiger partial charge in [0, 0.05) is 5.56 Å². The predicted molar refractivity (Wildman–Crippen MR) is 114 cm³/mol. The topological polar surface area (TPSA) is 65.7 Å². The summed E-state index contributed by atoms with van der Waals surface area (Å²) in [6.07, 6.45) is 0. The molecule has 30 heavy (non-hydrogen) atoms. The molecular weight excluding hydrogens is 382 g/mol. The molecule has 7 nitrogen and oxygen atoms in total. The van der Waals surface area contributed by atoms with Gasteiger partial charge in [-0.2, -0.15) is 0 Å². The monoisotopic (exact) mass is 415 g/mol. The van der Waals surface area contributed by atoms with Crippen molar-refractivity contribution in [3.8, 4) is 17.2 Å². The zero-order valence-corrected chi connectivity index (χ0v) is 17.9. The standard InChI is InChI=1S/C23H31N3O4/c1-28-20-9-7-19(8-10-20)17-25-12-14-26(15-13-25)18-23(27)24-11-16-30-22-6-4-3-5-21(22)29-2/h3-10H,11-18H2,1-2H3,(H,24,27)/p+2. The molecule has 1 fully saturated rings. The summed E-state index contributed by atoms with van der Waals surface area (Å²) in [7, 11) is 3.30. The molecular formula is C23H33N3O4+2. The van der Waals surface area contributed by atoms with Crippen LogP contribution in [0.1, 0.15) is 5.56 Å². The van der Waals surface area contributed by atoms with E-state index in [2.05, 4.69) is 17.4 Å². The van der Waals surface area contributed by atoms with E-state index < -0.39 is 0 Å². The van der Waals surface area contributed by atoms with E-state index in [1.165, 1.54) is 10.5 Å². The Morgan fingerprint density at radius 2 is 1.57 bits per heavy atom. The Hall–Kier alpha value is -2.77. The maximum Gasteiger partial charge on any atom is 0.275 e. The highest BCUT2D eigenvalue weighted by molar-refractivity contribution is 5.76. The summed E-state index contributed by atoms with van der Waals surface area (Å²) in [5.41, 5.74) is 1.32. The number of hydrogen-bond acceptors (Lipinski definition) is 4. The normalized spacial score (nSPS) is 18.5. The predicted octanol–water partition coefficient (Wildman–Crippen LogP) is -0.818. The summed E-state index contributed by atoms with van der Waals surface area (Å²) in [5.74, 6) is 2.36. The van der Waals surface area contributed by atoms with Crippen LogP contribution >= 0.6 is 0 Å². The van der Waals surface area contributed by atoms with Crippen molar-refractivity contribution in [2.75, 3.05) is 60.1 Å². The number of methoxy groups -OCH3 is 2. The molecule has 1 aliphatic heterocycles. The van der Waals surface area contributed by atoms with Gasteiger partial charge in [0.2, 0.25) is 0 Å². The number of amides is 1. The van der Waals surface area contributed by atoms with Gasteiger partial charge in [0.1, 0.15) is 45.1 Å². The molecule has 0 aliphatic carbocycles. The average Bonchev–Trinajstić information content (AvgIpc) is 2.79. The Morgan fingerprint density at radius 3 is 2.23 bits per heavy atom. The van der Waals surface area contributed by atoms with Crippen LogP contribution in [0, 0.1) is 0 Å². The largest absolute Gasteiger partial charge is 0.497 e. The van der Waals surface area contributed by atoms with E-state index in [-0.39, 0.29) is 5.91 Å². The molecule has 0 spiro atoms. The first kappa shape index (κ1) is 21.9. The van der Waals surface area contributed by atoms with Gasteiger partial charge < -0.3 is 29.3 Å². The van der Waals surface area contributed by atoms with E-state index in [0.717, 1.165) is 38.5 Å². The lowest BCUT2D eigenvalue weighted by Crippen LogP contribution is -3.28. The third kappa shape index (κ3) is 6.64. The van der Waals surface area contributed by atoms with Crippen LogP contribution in [0.4, 0.5) is 0 Å². The highest BCUT2D eigenvalue weighted by atomic mass is 16.5. The fourth-order valence-corrected chi connectivity index (χ4v) is 3.72. The Labute approximate surface area is 178 Å². The van der Waals surface area contributed by atoms with Crippen LogP contribution < -0.4 is 29.3 Å². The molecule has 0 atom stereocenters. The van der Waals surface area contributed by atoms with Crippen molar-refractivity contribution in [1.29, 1.82) is 0 Å². The van der Waals surface area contributed by atoms with Gasteiger partial charge in [-0.25, -0.2) is 0 Å². The maximum absolute atomic E-state index is 12.2. The summed E-state index contributed by atoms with van der Waals surface area (Å²) in [5, 5.41) is 2.96. The van der Waals surface area contributed by atoms with Gasteiger partial charge in [-0.05, 0) is 36.4 Å². The second-order valence-electron chi connectivity index (χ2n) is 7.55. The maximum atomic E-state index is 12.2. The van der Waals surface area contributed by atoms with Gasteiger partial charge in [0.05, 0.1) is 20.8 Å². The highest BCUT2D eigenvalue weighted by Gasteiger charge is 2.24. The third-order valence-electron chi connectivity index (χ3n) is 5.44. The number of ether oxygens (including phenoxy) is 3. The number of rotatable bonds is 10. The summed E-state index contributed by atoms with van der Waals surface area (Å²) in [6.45, 7) is 6.61. The molecule has 3 rings (SSSR count). The van der Waals surface area contributed by atoms with Crippen LogP contribution in [-0.4, -0.2) is 66.0 Å². The van der Waals surface area contributed by atoms with Crippen molar-refractivity contribution in [2.24, 2.45) is 0 Å². The first-order chi connectivity index (χ1) is 14.7. The Bertz CT molecular complexity index is 789. The van der Waals surface area contributed by atoms with Crippen molar-refractivity contribution >= 4 is 5.91 Å². The second-order valence-corrected chi connectivity index (χ2v) is 7.55. The Balaban J connectivity index is 1.31. The number of benzene rings is 2. The molecule has 1 amide bonds. The lowest BCUT2D eigenvalue weighted by atomic mass is 10.2. The van der Waals surface area contributed by atoms with Crippen molar-refractivity contribution in [3.63, 3.8) is 0 Å². The summed E-state index contributed by atoms with van der Waals surface area (Å²) in [6, 6.07) is 15.8. The van der Waals surface area contributed by atoms with E-state index >= 15 is 0 Å². The molecule has 0 saturated carbocycles. The number of quaternary nitrogens is 2. The lowest BCUT2D eigenvalue weighted by molar-refractivity contribution is -1.02. The third-order valence-corrected chi connectivity index (χ3v) is 5.44. The van der Waals surface area contributed by atoms with E-state index in [4.69, 9.17) is 14.2 Å². The van der Waals surface area contributed by atoms with E-state index in [1.807, 2.05) is 36.4 Å². The molecule has 1 heterocycles. The number of piperazine rings is 1. The zero-order valence-electron chi connectivity index (χ0n) is 17.9. The van der Waals surface area contributed by atoms with Crippen molar-refractivity contribution in [1.82, 2.24) is 5.32 Å². The van der Waals surface area contributed by atoms with Gasteiger partial charge in [0.15, 0.2) is 18.0 Å². The molecule has 0 bridgehead atoms. The van der Waals surface area contributed by atoms with Gasteiger partial charge in [-0.15, -0.1) is 0 Å². The van der Waals surface area contributed by atoms with E-state index in [0.29, 0.717) is 31.2 Å². The van der Waals surface area contributed by atoms with Crippen LogP contribution in [0.2, 0.25) is 0 Å². The van der Waals surface area contributed by atoms with Crippen LogP contribution in [-0.2, 0) is 11.3 Å². The molecule has 0 aromatic heterocycles. The Morgan fingerprint density at radius 1 is 0.900 bits per heavy atom. The fraction of sp³-hybridized carbons (Fsp3) is 0.435. The summed E-state index contributed by atoms with van der Waals surface area (Å²) < 4.78 is 16.2. The van der Waals surface area contributed by atoms with Crippen LogP contribution in [0.25, 0.3) is 0 Å². The van der Waals surface area contributed by atoms with Gasteiger partial charge in [0.25, 0.3) is 5.91 Å². The molecule has 0 radical (unpaired) electrons. The molecule has 3 N–H and O–H groups in total. The summed E-state index contributed by atoms with van der Waals surface area (Å²) >= 11 is 0. The Kier molecular flexibility index (Phi) is 8.35. The van der Waals surface area contributed by atoms with E-state index in [9.17, 15) is 4.79 Å². The van der Waals surface area contributed by atoms with Crippen LogP contribution in [0.15, 0.2) is 48.5 Å². The minimum atomic E-state index is 0.0761. The van der Waals surface area contributed by atoms with Gasteiger partial charge in [-0.3, -0.25) is 4.79 Å². The molecule has 0 unspecified atom stereocenters. The molecule has 1 aliphatic rings. The molecule has 7 heteroatoms. The summed E-state index contributed by atoms with van der Waals surface area (Å²) in [4.78, 5) is 15.2. The van der Waals surface area contributed by atoms with Crippen LogP contribution in [0.3, 0.4) is 0 Å². The molecule has 2 aromatic rings. The van der Waals surface area contributed by atoms with Gasteiger partial charge >= 0.3 is 0 Å². The highest BCUT2D eigenvalue weighted by Crippen LogP contribution is 2.25. The second kappa shape index (κ2) is 11.4. The number of nitrogens with one attached hydrogen (secondary N) is 3. The van der Waals surface area contributed by atoms with Crippen molar-refractivity contribution < 1.29 is 28.8 Å². The first-order valence-corrected chi connectivity index (χ1v) is 10.5. The van der Waals surface area contributed by atoms with Crippen LogP contribution in [0.5, 0.6) is 17.2 Å². The number of hydrogen-bond donors (Lipinski definition) is 3. The number of carbonyl (C=O) groups is 1. The molecule has 1 saturated heterocycles. The smallest absolute Gasteiger partial charge is 0.275 e. The minimum Gasteiger partial charge on any atom is -0.497 e. The van der Waals surface area contributed by atoms with Crippen molar-refractivity contribution in [3.05, 3.63) is 54.1 Å². The number of para-hydroxylation sites is 2. The molecule has 162 valence electrons. The minimum absolute atomic E-state index is 0.0761. The zero-order chi connectivity index (χ0) is 21.2. The first-order valence-electron chi connectivity index (χ1n) is 10.5. The molecule has 2 aromatic carbocycles. The van der Waals surface area contributed by atoms with Gasteiger partial charge in [-0.1, -0.05) is 12.1 Å². The number of carbonyl (C=O) groups excluding carboxylic acids is 1. The lowest BCUT2D eigenvalue weighted by Gasteiger charge is -2.29. The fourth-order valence-electron chi connectivity index (χ4n) is 3.72.